The molecule has 0 spiro atoms. The molecule has 4 rings (SSSR count). The van der Waals surface area contributed by atoms with Gasteiger partial charge in [-0.3, -0.25) is 0 Å². The van der Waals surface area contributed by atoms with Crippen LogP contribution in [-0.4, -0.2) is 26.9 Å². The first kappa shape index (κ1) is 35.7. The summed E-state index contributed by atoms with van der Waals surface area (Å²) in [6.07, 6.45) is 0. The third-order valence-electron chi connectivity index (χ3n) is 6.32. The lowest BCUT2D eigenvalue weighted by atomic mass is 9.79. The van der Waals surface area contributed by atoms with Gasteiger partial charge in [0, 0.05) is 5.57 Å². The van der Waals surface area contributed by atoms with Crippen LogP contribution >= 0.6 is 0 Å². The first-order valence-corrected chi connectivity index (χ1v) is 11.8. The van der Waals surface area contributed by atoms with E-state index in [-0.39, 0.29) is 0 Å². The molecule has 49 heavy (non-hydrogen) atoms. The van der Waals surface area contributed by atoms with Crippen molar-refractivity contribution in [1.29, 1.82) is 15.8 Å². The van der Waals surface area contributed by atoms with Gasteiger partial charge in [-0.15, -0.1) is 0 Å². The number of halogens is 16. The van der Waals surface area contributed by atoms with Crippen LogP contribution in [0.1, 0.15) is 16.7 Å². The maximum absolute atomic E-state index is 15.7. The number of piperidine rings is 1. The number of nitrogens with one attached hydrogen (secondary N) is 1. The standard InChI is InChI=1S/C26HF16N7/c27-12-8(13(28)20(34)46-19(12)33)4(1-43)7-11(5(2-44)9-14(29)21(35)47-22(36)15(9)30)25(39,40)26(41,42)49-18(7)6(3-45)10-16(31)23(37)48-24(38)17(10)32/h49H. The first-order valence-electron chi connectivity index (χ1n) is 11.8. The second-order valence-corrected chi connectivity index (χ2v) is 8.95. The van der Waals surface area contributed by atoms with Gasteiger partial charge in [0.05, 0.1) is 44.7 Å². The van der Waals surface area contributed by atoms with Gasteiger partial charge in [-0.1, -0.05) is 0 Å². The van der Waals surface area contributed by atoms with Crippen LogP contribution in [0.4, 0.5) is 70.2 Å². The van der Waals surface area contributed by atoms with Gasteiger partial charge < -0.3 is 5.32 Å². The van der Waals surface area contributed by atoms with Crippen molar-refractivity contribution < 1.29 is 70.2 Å². The summed E-state index contributed by atoms with van der Waals surface area (Å²) >= 11 is 0. The van der Waals surface area contributed by atoms with E-state index in [1.807, 2.05) is 4.98 Å². The van der Waals surface area contributed by atoms with E-state index in [9.17, 15) is 68.5 Å². The average molecular weight is 715 g/mol. The Balaban J connectivity index is 2.52. The van der Waals surface area contributed by atoms with Crippen LogP contribution < -0.4 is 5.32 Å². The molecule has 1 aliphatic heterocycles. The lowest BCUT2D eigenvalue weighted by molar-refractivity contribution is -0.202. The number of hydrogen-bond acceptors (Lipinski definition) is 7. The van der Waals surface area contributed by atoms with Crippen molar-refractivity contribution >= 4 is 16.7 Å². The molecule has 7 nitrogen and oxygen atoms in total. The van der Waals surface area contributed by atoms with Crippen molar-refractivity contribution in [1.82, 2.24) is 20.3 Å². The molecule has 0 saturated carbocycles. The third-order valence-corrected chi connectivity index (χ3v) is 6.32. The van der Waals surface area contributed by atoms with Crippen molar-refractivity contribution in [2.75, 3.05) is 0 Å². The molecule has 0 aromatic carbocycles. The Morgan fingerprint density at radius 1 is 0.469 bits per heavy atom. The van der Waals surface area contributed by atoms with E-state index in [4.69, 9.17) is 0 Å². The van der Waals surface area contributed by atoms with E-state index in [0.29, 0.717) is 23.5 Å². The zero-order chi connectivity index (χ0) is 37.1. The van der Waals surface area contributed by atoms with Crippen LogP contribution in [0.5, 0.6) is 0 Å². The number of rotatable bonds is 3. The minimum Gasteiger partial charge on any atom is -0.320 e. The fourth-order valence-electron chi connectivity index (χ4n) is 4.29. The Hall–Kier alpha value is -6.18. The van der Waals surface area contributed by atoms with Crippen LogP contribution in [-0.2, 0) is 0 Å². The summed E-state index contributed by atoms with van der Waals surface area (Å²) < 4.78 is 235. The number of alkyl halides is 4. The number of allylic oxidation sites excluding steroid dienone is 4. The Morgan fingerprint density at radius 2 is 0.755 bits per heavy atom. The van der Waals surface area contributed by atoms with Gasteiger partial charge in [0.15, 0.2) is 34.9 Å². The summed E-state index contributed by atoms with van der Waals surface area (Å²) in [7, 11) is 0. The molecular weight excluding hydrogens is 714 g/mol. The van der Waals surface area contributed by atoms with E-state index in [0.717, 1.165) is 0 Å². The SMILES string of the molecule is N#CC(=C1NC(F)(F)C(F)(F)C(=C(C#N)c2c(F)c(F)nc(F)c2F)C1=C(C#N)c1c(F)c(F)nc(F)c1F)c1c(F)c(F)nc(F)c1F. The Kier molecular flexibility index (Phi) is 8.82. The highest BCUT2D eigenvalue weighted by Gasteiger charge is 2.66. The Bertz CT molecular complexity index is 2140. The topological polar surface area (TPSA) is 122 Å². The predicted molar refractivity (Wildman–Crippen MR) is 123 cm³/mol. The van der Waals surface area contributed by atoms with Gasteiger partial charge in [-0.2, -0.15) is 74.6 Å². The van der Waals surface area contributed by atoms with E-state index in [1.54, 1.807) is 0 Å². The maximum atomic E-state index is 15.7. The van der Waals surface area contributed by atoms with Gasteiger partial charge in [0.2, 0.25) is 0 Å². The summed E-state index contributed by atoms with van der Waals surface area (Å²) in [6.45, 7) is 0. The fourth-order valence-corrected chi connectivity index (χ4v) is 4.29. The molecule has 1 aliphatic rings. The molecule has 4 heterocycles. The molecule has 1 N–H and O–H groups in total. The quantitative estimate of drug-likeness (QED) is 0.141. The van der Waals surface area contributed by atoms with E-state index in [2.05, 4.69) is 9.97 Å². The fraction of sp³-hybridized carbons (Fsp3) is 0.0769. The smallest absolute Gasteiger partial charge is 0.320 e. The van der Waals surface area contributed by atoms with E-state index in [1.165, 1.54) is 0 Å². The van der Waals surface area contributed by atoms with Gasteiger partial charge >= 0.3 is 12.0 Å². The molecule has 1 saturated heterocycles. The summed E-state index contributed by atoms with van der Waals surface area (Å²) in [5.74, 6) is -40.0. The van der Waals surface area contributed by atoms with Crippen molar-refractivity contribution in [2.24, 2.45) is 0 Å². The largest absolute Gasteiger partial charge is 0.390 e. The number of aromatic nitrogens is 3. The summed E-state index contributed by atoms with van der Waals surface area (Å²) in [5.41, 5.74) is -23.7. The molecule has 0 amide bonds. The van der Waals surface area contributed by atoms with Gasteiger partial charge in [-0.25, -0.2) is 26.3 Å². The zero-order valence-electron chi connectivity index (χ0n) is 22.2. The Morgan fingerprint density at radius 3 is 1.06 bits per heavy atom. The highest BCUT2D eigenvalue weighted by molar-refractivity contribution is 5.98. The molecule has 0 aliphatic carbocycles. The molecule has 252 valence electrons. The molecule has 0 radical (unpaired) electrons. The summed E-state index contributed by atoms with van der Waals surface area (Å²) in [6, 6.07) is -4.66. The second-order valence-electron chi connectivity index (χ2n) is 8.95. The number of pyridine rings is 3. The molecule has 3 aromatic heterocycles. The normalized spacial score (nSPS) is 18.1. The molecule has 23 heteroatoms. The molecule has 3 aromatic rings. The summed E-state index contributed by atoms with van der Waals surface area (Å²) in [5, 5.41) is 29.5. The minimum atomic E-state index is -6.39. The lowest BCUT2D eigenvalue weighted by Gasteiger charge is -2.39. The average Bonchev–Trinajstić information content (AvgIpc) is 3.02. The maximum Gasteiger partial charge on any atom is 0.390 e. The minimum absolute atomic E-state index is 0.368. The van der Waals surface area contributed by atoms with Crippen molar-refractivity contribution in [3.05, 3.63) is 104 Å². The van der Waals surface area contributed by atoms with Crippen LogP contribution in [0, 0.1) is 105 Å². The summed E-state index contributed by atoms with van der Waals surface area (Å²) in [4.78, 5) is 6.15. The zero-order valence-corrected chi connectivity index (χ0v) is 22.2. The number of nitrogens with zero attached hydrogens (tertiary/aromatic N) is 6. The van der Waals surface area contributed by atoms with Gasteiger partial charge in [-0.05, 0) is 0 Å². The number of hydrogen-bond donors (Lipinski definition) is 1. The third kappa shape index (κ3) is 5.30. The van der Waals surface area contributed by atoms with Gasteiger partial charge in [0.25, 0.3) is 35.7 Å². The second kappa shape index (κ2) is 12.1. The number of nitriles is 3. The first-order chi connectivity index (χ1) is 22.7. The molecular formula is C26HF16N7. The van der Waals surface area contributed by atoms with E-state index < -0.39 is 133 Å². The monoisotopic (exact) mass is 715 g/mol. The van der Waals surface area contributed by atoms with Crippen LogP contribution in [0.2, 0.25) is 0 Å². The Labute approximate surface area is 258 Å². The van der Waals surface area contributed by atoms with E-state index >= 15 is 17.6 Å². The van der Waals surface area contributed by atoms with Crippen LogP contribution in [0.25, 0.3) is 16.7 Å². The van der Waals surface area contributed by atoms with Crippen molar-refractivity contribution in [2.45, 2.75) is 12.0 Å². The van der Waals surface area contributed by atoms with Crippen molar-refractivity contribution in [3.63, 3.8) is 0 Å². The van der Waals surface area contributed by atoms with Crippen molar-refractivity contribution in [3.8, 4) is 18.2 Å². The van der Waals surface area contributed by atoms with Crippen LogP contribution in [0.3, 0.4) is 0 Å². The lowest BCUT2D eigenvalue weighted by Crippen LogP contribution is -2.57. The predicted octanol–water partition coefficient (Wildman–Crippen LogP) is 6.56. The highest BCUT2D eigenvalue weighted by atomic mass is 19.3. The van der Waals surface area contributed by atoms with Gasteiger partial charge in [0.1, 0.15) is 18.2 Å². The van der Waals surface area contributed by atoms with Crippen LogP contribution in [0.15, 0.2) is 16.8 Å². The molecule has 0 bridgehead atoms. The highest BCUT2D eigenvalue weighted by Crippen LogP contribution is 2.54. The molecule has 1 fully saturated rings. The molecule has 0 unspecified atom stereocenters. The molecule has 0 atom stereocenters.